The lowest BCUT2D eigenvalue weighted by Crippen LogP contribution is -2.08. The fourth-order valence-electron chi connectivity index (χ4n) is 1.16. The molecule has 0 spiro atoms. The van der Waals surface area contributed by atoms with E-state index in [1.807, 2.05) is 12.1 Å². The number of hydrogen-bond acceptors (Lipinski definition) is 3. The molecule has 0 heterocycles. The van der Waals surface area contributed by atoms with Gasteiger partial charge in [-0.2, -0.15) is 0 Å². The molecule has 1 aromatic rings. The predicted octanol–water partition coefficient (Wildman–Crippen LogP) is 1.01. The van der Waals surface area contributed by atoms with E-state index in [-0.39, 0.29) is 5.78 Å². The molecule has 3 heteroatoms. The van der Waals surface area contributed by atoms with Crippen LogP contribution in [-0.4, -0.2) is 24.6 Å². The summed E-state index contributed by atoms with van der Waals surface area (Å²) in [6, 6.07) is 7.10. The molecule has 0 bridgehead atoms. The maximum Gasteiger partial charge on any atom is 0.188 e. The van der Waals surface area contributed by atoms with Gasteiger partial charge in [-0.25, -0.2) is 0 Å². The quantitative estimate of drug-likeness (QED) is 0.703. The summed E-state index contributed by atoms with van der Waals surface area (Å²) in [5.74, 6) is -0.271. The molecule has 0 aromatic heterocycles. The smallest absolute Gasteiger partial charge is 0.188 e. The molecule has 3 nitrogen and oxygen atoms in total. The van der Waals surface area contributed by atoms with E-state index in [4.69, 9.17) is 9.84 Å². The third-order valence-electron chi connectivity index (χ3n) is 1.76. The Morgan fingerprint density at radius 2 is 2.15 bits per heavy atom. The Balaban J connectivity index is 2.97. The van der Waals surface area contributed by atoms with E-state index in [2.05, 4.69) is 0 Å². The van der Waals surface area contributed by atoms with Gasteiger partial charge in [-0.3, -0.25) is 4.79 Å². The zero-order chi connectivity index (χ0) is 9.68. The molecule has 0 aliphatic rings. The van der Waals surface area contributed by atoms with Gasteiger partial charge in [0.25, 0.3) is 0 Å². The minimum atomic E-state index is -0.458. The normalized spacial score (nSPS) is 10.0. The first-order chi connectivity index (χ1) is 6.29. The molecule has 0 saturated heterocycles. The number of ketones is 1. The van der Waals surface area contributed by atoms with E-state index < -0.39 is 6.61 Å². The Morgan fingerprint density at radius 3 is 2.77 bits per heavy atom. The molecule has 0 fully saturated rings. The summed E-state index contributed by atoms with van der Waals surface area (Å²) in [5, 5.41) is 8.69. The van der Waals surface area contributed by atoms with Crippen LogP contribution in [0, 0.1) is 0 Å². The van der Waals surface area contributed by atoms with Crippen molar-refractivity contribution in [2.75, 3.05) is 13.7 Å². The molecule has 0 aliphatic heterocycles. The van der Waals surface area contributed by atoms with Crippen LogP contribution in [0.1, 0.15) is 15.9 Å². The summed E-state index contributed by atoms with van der Waals surface area (Å²) in [6.07, 6.45) is 0. The number of carbonyl (C=O) groups is 1. The molecule has 0 atom stereocenters. The van der Waals surface area contributed by atoms with Crippen molar-refractivity contribution in [3.05, 3.63) is 35.4 Å². The van der Waals surface area contributed by atoms with Crippen LogP contribution in [-0.2, 0) is 11.3 Å². The van der Waals surface area contributed by atoms with Gasteiger partial charge < -0.3 is 9.84 Å². The van der Waals surface area contributed by atoms with E-state index in [1.165, 1.54) is 0 Å². The molecule has 70 valence electrons. The highest BCUT2D eigenvalue weighted by atomic mass is 16.5. The third kappa shape index (κ3) is 2.37. The van der Waals surface area contributed by atoms with Gasteiger partial charge in [-0.05, 0) is 5.56 Å². The Hall–Kier alpha value is -1.19. The summed E-state index contributed by atoms with van der Waals surface area (Å²) in [6.45, 7) is -0.0668. The number of aliphatic hydroxyl groups excluding tert-OH is 1. The van der Waals surface area contributed by atoms with Crippen LogP contribution in [0.2, 0.25) is 0 Å². The standard InChI is InChI=1S/C10H12O3/c1-13-7-8-4-2-3-5-9(8)10(12)6-11/h2-5,11H,6-7H2,1H3. The van der Waals surface area contributed by atoms with E-state index in [0.717, 1.165) is 5.56 Å². The molecule has 0 radical (unpaired) electrons. The number of rotatable bonds is 4. The van der Waals surface area contributed by atoms with Crippen molar-refractivity contribution in [2.45, 2.75) is 6.61 Å². The topological polar surface area (TPSA) is 46.5 Å². The highest BCUT2D eigenvalue weighted by Crippen LogP contribution is 2.10. The summed E-state index contributed by atoms with van der Waals surface area (Å²) >= 11 is 0. The second kappa shape index (κ2) is 4.74. The van der Waals surface area contributed by atoms with Crippen LogP contribution in [0.4, 0.5) is 0 Å². The first-order valence-corrected chi connectivity index (χ1v) is 4.00. The van der Waals surface area contributed by atoms with Gasteiger partial charge >= 0.3 is 0 Å². The lowest BCUT2D eigenvalue weighted by atomic mass is 10.0. The van der Waals surface area contributed by atoms with Crippen LogP contribution in [0.3, 0.4) is 0 Å². The van der Waals surface area contributed by atoms with Gasteiger partial charge in [0.1, 0.15) is 6.61 Å². The number of benzene rings is 1. The van der Waals surface area contributed by atoms with Crippen LogP contribution in [0.5, 0.6) is 0 Å². The maximum atomic E-state index is 11.2. The summed E-state index contributed by atoms with van der Waals surface area (Å²) in [7, 11) is 1.57. The largest absolute Gasteiger partial charge is 0.388 e. The summed E-state index contributed by atoms with van der Waals surface area (Å²) in [5.41, 5.74) is 1.34. The summed E-state index contributed by atoms with van der Waals surface area (Å²) < 4.78 is 4.93. The van der Waals surface area contributed by atoms with Gasteiger partial charge in [0.2, 0.25) is 0 Å². The van der Waals surface area contributed by atoms with Gasteiger partial charge in [-0.15, -0.1) is 0 Å². The molecule has 0 amide bonds. The number of methoxy groups -OCH3 is 1. The van der Waals surface area contributed by atoms with Crippen molar-refractivity contribution in [2.24, 2.45) is 0 Å². The molecule has 1 rings (SSSR count). The van der Waals surface area contributed by atoms with Crippen molar-refractivity contribution in [3.8, 4) is 0 Å². The Labute approximate surface area is 77.0 Å². The zero-order valence-electron chi connectivity index (χ0n) is 7.49. The lowest BCUT2D eigenvalue weighted by Gasteiger charge is -2.05. The Kier molecular flexibility index (Phi) is 3.61. The van der Waals surface area contributed by atoms with E-state index >= 15 is 0 Å². The highest BCUT2D eigenvalue weighted by Gasteiger charge is 2.08. The molecule has 1 aromatic carbocycles. The van der Waals surface area contributed by atoms with Crippen LogP contribution < -0.4 is 0 Å². The van der Waals surface area contributed by atoms with Crippen LogP contribution in [0.25, 0.3) is 0 Å². The van der Waals surface area contributed by atoms with Crippen molar-refractivity contribution in [3.63, 3.8) is 0 Å². The monoisotopic (exact) mass is 180 g/mol. The SMILES string of the molecule is COCc1ccccc1C(=O)CO. The average Bonchev–Trinajstić information content (AvgIpc) is 2.18. The van der Waals surface area contributed by atoms with Crippen molar-refractivity contribution < 1.29 is 14.6 Å². The Bertz CT molecular complexity index is 294. The third-order valence-corrected chi connectivity index (χ3v) is 1.76. The van der Waals surface area contributed by atoms with Gasteiger partial charge in [0.05, 0.1) is 6.61 Å². The van der Waals surface area contributed by atoms with Crippen molar-refractivity contribution in [1.29, 1.82) is 0 Å². The predicted molar refractivity (Wildman–Crippen MR) is 48.6 cm³/mol. The fraction of sp³-hybridized carbons (Fsp3) is 0.300. The first kappa shape index (κ1) is 9.89. The molecule has 1 N–H and O–H groups in total. The second-order valence-electron chi connectivity index (χ2n) is 2.67. The molecule has 0 saturated carbocycles. The average molecular weight is 180 g/mol. The van der Waals surface area contributed by atoms with Crippen molar-refractivity contribution >= 4 is 5.78 Å². The second-order valence-corrected chi connectivity index (χ2v) is 2.67. The minimum absolute atomic E-state index is 0.271. The van der Waals surface area contributed by atoms with E-state index in [1.54, 1.807) is 19.2 Å². The van der Waals surface area contributed by atoms with Gasteiger partial charge in [0.15, 0.2) is 5.78 Å². The number of hydrogen-bond donors (Lipinski definition) is 1. The number of carbonyl (C=O) groups excluding carboxylic acids is 1. The first-order valence-electron chi connectivity index (χ1n) is 4.00. The maximum absolute atomic E-state index is 11.2. The van der Waals surface area contributed by atoms with E-state index in [0.29, 0.717) is 12.2 Å². The minimum Gasteiger partial charge on any atom is -0.388 e. The van der Waals surface area contributed by atoms with E-state index in [9.17, 15) is 4.79 Å². The molecule has 0 aliphatic carbocycles. The molecule has 13 heavy (non-hydrogen) atoms. The van der Waals surface area contributed by atoms with Crippen molar-refractivity contribution in [1.82, 2.24) is 0 Å². The van der Waals surface area contributed by atoms with Crippen LogP contribution in [0.15, 0.2) is 24.3 Å². The fourth-order valence-corrected chi connectivity index (χ4v) is 1.16. The molecular formula is C10H12O3. The lowest BCUT2D eigenvalue weighted by molar-refractivity contribution is 0.0899. The molecular weight excluding hydrogens is 168 g/mol. The van der Waals surface area contributed by atoms with Gasteiger partial charge in [-0.1, -0.05) is 24.3 Å². The van der Waals surface area contributed by atoms with Gasteiger partial charge in [0, 0.05) is 12.7 Å². The number of aliphatic hydroxyl groups is 1. The number of ether oxygens (including phenoxy) is 1. The Morgan fingerprint density at radius 1 is 1.46 bits per heavy atom. The molecule has 0 unspecified atom stereocenters. The highest BCUT2D eigenvalue weighted by molar-refractivity contribution is 5.98. The summed E-state index contributed by atoms with van der Waals surface area (Å²) in [4.78, 5) is 11.2. The van der Waals surface area contributed by atoms with Crippen LogP contribution >= 0.6 is 0 Å². The zero-order valence-corrected chi connectivity index (χ0v) is 7.49. The number of Topliss-reactive ketones (excluding diaryl/α,β-unsaturated/α-hetero) is 1.